The first-order valence-electron chi connectivity index (χ1n) is 2.48. The summed E-state index contributed by atoms with van der Waals surface area (Å²) in [5.74, 6) is 0. The zero-order valence-electron chi connectivity index (χ0n) is 7.10. The summed E-state index contributed by atoms with van der Waals surface area (Å²) >= 11 is 1.55. The van der Waals surface area contributed by atoms with E-state index in [4.69, 9.17) is 0 Å². The van der Waals surface area contributed by atoms with Crippen LogP contribution in [0.2, 0.25) is 0 Å². The van der Waals surface area contributed by atoms with E-state index in [2.05, 4.69) is 24.1 Å². The molecule has 1 nitrogen and oxygen atoms in total. The van der Waals surface area contributed by atoms with Crippen LogP contribution in [0.15, 0.2) is 3.34 Å². The Bertz CT molecular complexity index is 69.3. The van der Waals surface area contributed by atoms with Crippen LogP contribution >= 0.6 is 0 Å². The molecule has 0 radical (unpaired) electrons. The van der Waals surface area contributed by atoms with Crippen molar-refractivity contribution in [1.82, 2.24) is 0 Å². The zero-order chi connectivity index (χ0) is 5.91. The van der Waals surface area contributed by atoms with Crippen LogP contribution in [0.1, 0.15) is 27.2 Å². The Labute approximate surface area is 72.0 Å². The fourth-order valence-electron chi connectivity index (χ4n) is 0.0707. The Morgan fingerprint density at radius 3 is 1.67 bits per heavy atom. The fraction of sp³-hybridized carbons (Fsp3) is 0.714. The molecule has 0 N–H and O–H groups in total. The summed E-state index contributed by atoms with van der Waals surface area (Å²) in [6.45, 7) is 6.44. The molecular formula is C7H17NNb-2. The molecule has 0 aliphatic carbocycles. The number of hydrogen-bond acceptors (Lipinski definition) is 1. The molecule has 2 heteroatoms. The third-order valence-corrected chi connectivity index (χ3v) is 2.47. The summed E-state index contributed by atoms with van der Waals surface area (Å²) in [5, 5.41) is 0. The van der Waals surface area contributed by atoms with E-state index < -0.39 is 0 Å². The average Bonchev–Trinajstić information content (AvgIpc) is 1.68. The zero-order valence-corrected chi connectivity index (χ0v) is 9.30. The van der Waals surface area contributed by atoms with Crippen molar-refractivity contribution in [2.75, 3.05) is 0 Å². The van der Waals surface area contributed by atoms with Crippen LogP contribution in [0, 0.1) is 14.9 Å². The predicted molar refractivity (Wildman–Crippen MR) is 39.6 cm³/mol. The van der Waals surface area contributed by atoms with Crippen molar-refractivity contribution in [3.8, 4) is 0 Å². The molecular weight excluding hydrogens is 191 g/mol. The molecule has 0 saturated heterocycles. The minimum absolute atomic E-state index is 0. The molecule has 9 heavy (non-hydrogen) atoms. The van der Waals surface area contributed by atoms with Crippen LogP contribution in [-0.4, -0.2) is 5.54 Å². The second-order valence-corrected chi connectivity index (χ2v) is 2.76. The van der Waals surface area contributed by atoms with Crippen molar-refractivity contribution in [3.63, 3.8) is 0 Å². The molecule has 0 atom stereocenters. The van der Waals surface area contributed by atoms with Crippen LogP contribution in [0.5, 0.6) is 0 Å². The van der Waals surface area contributed by atoms with Crippen molar-refractivity contribution in [3.05, 3.63) is 14.9 Å². The second-order valence-electron chi connectivity index (χ2n) is 2.27. The summed E-state index contributed by atoms with van der Waals surface area (Å²) in [6.07, 6.45) is 1.14. The fourth-order valence-corrected chi connectivity index (χ4v) is 0.418. The van der Waals surface area contributed by atoms with E-state index in [9.17, 15) is 0 Å². The van der Waals surface area contributed by atoms with Gasteiger partial charge < -0.3 is 14.9 Å². The maximum Gasteiger partial charge on any atom is -0.358 e. The number of nitrogens with zero attached hydrogens (tertiary/aromatic N) is 1. The minimum atomic E-state index is 0. The molecule has 57 valence electrons. The molecule has 0 bridgehead atoms. The first-order valence-corrected chi connectivity index (χ1v) is 3.47. The molecule has 0 aromatic heterocycles. The molecule has 0 aromatic rings. The summed E-state index contributed by atoms with van der Waals surface area (Å²) < 4.78 is 4.19. The summed E-state index contributed by atoms with van der Waals surface area (Å²) in [4.78, 5) is 0. The maximum atomic E-state index is 4.19. The summed E-state index contributed by atoms with van der Waals surface area (Å²) in [5.41, 5.74) is 0.231. The molecule has 0 aliphatic heterocycles. The van der Waals surface area contributed by atoms with Crippen LogP contribution in [0.3, 0.4) is 0 Å². The Morgan fingerprint density at radius 2 is 1.67 bits per heavy atom. The SMILES string of the molecule is CCC(C)(C)[N]=[Nb].[CH3-].[CH3-]. The van der Waals surface area contributed by atoms with Gasteiger partial charge in [-0.2, -0.15) is 0 Å². The van der Waals surface area contributed by atoms with Gasteiger partial charge in [0.25, 0.3) is 0 Å². The van der Waals surface area contributed by atoms with E-state index in [0.717, 1.165) is 6.42 Å². The molecule has 0 spiro atoms. The number of rotatable bonds is 2. The van der Waals surface area contributed by atoms with E-state index in [1.54, 1.807) is 20.9 Å². The van der Waals surface area contributed by atoms with Gasteiger partial charge in [-0.3, -0.25) is 0 Å². The van der Waals surface area contributed by atoms with Crippen molar-refractivity contribution in [1.29, 1.82) is 0 Å². The van der Waals surface area contributed by atoms with Crippen LogP contribution in [0.25, 0.3) is 0 Å². The molecule has 0 aromatic carbocycles. The monoisotopic (exact) mass is 208 g/mol. The van der Waals surface area contributed by atoms with Gasteiger partial charge in [-0.1, -0.05) is 0 Å². The van der Waals surface area contributed by atoms with E-state index >= 15 is 0 Å². The predicted octanol–water partition coefficient (Wildman–Crippen LogP) is 2.81. The minimum Gasteiger partial charge on any atom is -0.358 e. The van der Waals surface area contributed by atoms with Crippen molar-refractivity contribution in [2.45, 2.75) is 32.7 Å². The van der Waals surface area contributed by atoms with Gasteiger partial charge in [0, 0.05) is 0 Å². The smallest absolute Gasteiger partial charge is 0.358 e. The summed E-state index contributed by atoms with van der Waals surface area (Å²) in [6, 6.07) is 0. The topological polar surface area (TPSA) is 12.4 Å². The summed E-state index contributed by atoms with van der Waals surface area (Å²) in [7, 11) is 0. The average molecular weight is 208 g/mol. The Kier molecular flexibility index (Phi) is 12.0. The maximum absolute atomic E-state index is 4.19. The third kappa shape index (κ3) is 8.54. The molecule has 0 rings (SSSR count). The van der Waals surface area contributed by atoms with Gasteiger partial charge in [-0.25, -0.2) is 0 Å². The van der Waals surface area contributed by atoms with Gasteiger partial charge in [0.15, 0.2) is 0 Å². The van der Waals surface area contributed by atoms with Crippen LogP contribution < -0.4 is 0 Å². The standard InChI is InChI=1S/C5H11N.2CH3.Nb/c1-4-5(2,3)6;;;/h4H2,1-3H3;2*1H3;/q;2*-1;. The van der Waals surface area contributed by atoms with E-state index in [-0.39, 0.29) is 20.4 Å². The van der Waals surface area contributed by atoms with Gasteiger partial charge in [0.1, 0.15) is 0 Å². The van der Waals surface area contributed by atoms with Gasteiger partial charge in [0.2, 0.25) is 0 Å². The second kappa shape index (κ2) is 6.66. The van der Waals surface area contributed by atoms with Crippen molar-refractivity contribution < 1.29 is 20.9 Å². The van der Waals surface area contributed by atoms with Gasteiger partial charge in [0.05, 0.1) is 0 Å². The molecule has 0 heterocycles. The van der Waals surface area contributed by atoms with Crippen molar-refractivity contribution >= 4 is 0 Å². The molecule has 0 saturated carbocycles. The normalized spacial score (nSPS) is 8.67. The van der Waals surface area contributed by atoms with Gasteiger partial charge in [-0.15, -0.1) is 0 Å². The largest absolute Gasteiger partial charge is 0.358 e. The quantitative estimate of drug-likeness (QED) is 0.488. The Morgan fingerprint density at radius 1 is 1.33 bits per heavy atom. The number of hydrogen-bond donors (Lipinski definition) is 0. The first kappa shape index (κ1) is 16.3. The van der Waals surface area contributed by atoms with Gasteiger partial charge in [-0.05, 0) is 0 Å². The Balaban J connectivity index is -0.000000180. The third-order valence-electron chi connectivity index (χ3n) is 1.14. The Hall–Kier alpha value is 0.540. The van der Waals surface area contributed by atoms with E-state index in [1.165, 1.54) is 0 Å². The van der Waals surface area contributed by atoms with Gasteiger partial charge >= 0.3 is 57.0 Å². The first-order chi connectivity index (χ1) is 3.12. The molecule has 0 amide bonds. The van der Waals surface area contributed by atoms with Crippen LogP contribution in [-0.2, 0) is 20.9 Å². The molecule has 0 fully saturated rings. The molecule has 0 aliphatic rings. The van der Waals surface area contributed by atoms with E-state index in [1.807, 2.05) is 0 Å². The van der Waals surface area contributed by atoms with Crippen LogP contribution in [0.4, 0.5) is 0 Å². The van der Waals surface area contributed by atoms with E-state index in [0.29, 0.717) is 0 Å². The van der Waals surface area contributed by atoms with Crippen molar-refractivity contribution in [2.24, 2.45) is 3.34 Å². The molecule has 0 unspecified atom stereocenters.